The van der Waals surface area contributed by atoms with Gasteiger partial charge in [-0.1, -0.05) is 6.92 Å². The lowest BCUT2D eigenvalue weighted by Gasteiger charge is -2.37. The average molecular weight is 302 g/mol. The van der Waals surface area contributed by atoms with Crippen molar-refractivity contribution in [1.29, 1.82) is 0 Å². The quantitative estimate of drug-likeness (QED) is 0.776. The molecule has 0 saturated carbocycles. The van der Waals surface area contributed by atoms with E-state index >= 15 is 0 Å². The van der Waals surface area contributed by atoms with Crippen LogP contribution in [0.4, 0.5) is 4.79 Å². The number of hydrogen-bond donors (Lipinski definition) is 2. The summed E-state index contributed by atoms with van der Waals surface area (Å²) in [7, 11) is 0. The molecule has 1 spiro atoms. The number of rotatable bonds is 2. The Morgan fingerprint density at radius 1 is 1.45 bits per heavy atom. The zero-order valence-electron chi connectivity index (χ0n) is 12.4. The molecule has 7 nitrogen and oxygen atoms in total. The van der Waals surface area contributed by atoms with Crippen molar-refractivity contribution in [3.8, 4) is 0 Å². The molecule has 1 unspecified atom stereocenters. The molecule has 2 fully saturated rings. The van der Waals surface area contributed by atoms with Gasteiger partial charge in [0.05, 0.1) is 6.54 Å². The first-order valence-electron chi connectivity index (χ1n) is 7.42. The molecule has 2 aliphatic heterocycles. The Kier molecular flexibility index (Phi) is 3.56. The molecule has 116 valence electrons. The molecule has 3 heterocycles. The molecule has 3 rings (SSSR count). The van der Waals surface area contributed by atoms with Gasteiger partial charge in [0, 0.05) is 12.7 Å². The molecule has 1 aromatic rings. The number of nitrogens with zero attached hydrogens (tertiary/aromatic N) is 2. The summed E-state index contributed by atoms with van der Waals surface area (Å²) in [5, 5.41) is 4.92. The van der Waals surface area contributed by atoms with Gasteiger partial charge in [0.2, 0.25) is 0 Å². The predicted molar refractivity (Wildman–Crippen MR) is 78.2 cm³/mol. The first-order chi connectivity index (χ1) is 10.5. The molecular weight excluding hydrogens is 284 g/mol. The van der Waals surface area contributed by atoms with Gasteiger partial charge in [-0.2, -0.15) is 0 Å². The third kappa shape index (κ3) is 2.43. The van der Waals surface area contributed by atoms with E-state index in [1.807, 2.05) is 13.0 Å². The highest BCUT2D eigenvalue weighted by Crippen LogP contribution is 2.25. The number of carbonyl (C=O) groups is 3. The van der Waals surface area contributed by atoms with Crippen molar-refractivity contribution in [2.45, 2.75) is 31.7 Å². The topological polar surface area (TPSA) is 91.4 Å². The minimum atomic E-state index is -0.993. The van der Waals surface area contributed by atoms with Gasteiger partial charge in [-0.05, 0) is 37.0 Å². The first kappa shape index (κ1) is 14.5. The lowest BCUT2D eigenvalue weighted by molar-refractivity contribution is -0.125. The molecule has 1 aromatic heterocycles. The van der Waals surface area contributed by atoms with Gasteiger partial charge >= 0.3 is 6.03 Å². The second-order valence-corrected chi connectivity index (χ2v) is 5.72. The summed E-state index contributed by atoms with van der Waals surface area (Å²) in [5.74, 6) is -0.561. The van der Waals surface area contributed by atoms with Crippen LogP contribution in [0.15, 0.2) is 18.3 Å². The van der Waals surface area contributed by atoms with E-state index < -0.39 is 11.6 Å². The molecule has 7 heteroatoms. The number of amides is 4. The highest BCUT2D eigenvalue weighted by molar-refractivity contribution is 6.07. The summed E-state index contributed by atoms with van der Waals surface area (Å²) in [4.78, 5) is 41.8. The predicted octanol–water partition coefficient (Wildman–Crippen LogP) is 0.458. The Bertz CT molecular complexity index is 645. The van der Waals surface area contributed by atoms with Crippen molar-refractivity contribution in [3.05, 3.63) is 29.6 Å². The molecule has 2 N–H and O–H groups in total. The highest BCUT2D eigenvalue weighted by atomic mass is 16.2. The van der Waals surface area contributed by atoms with Gasteiger partial charge in [-0.25, -0.2) is 4.79 Å². The van der Waals surface area contributed by atoms with Crippen LogP contribution in [0.25, 0.3) is 0 Å². The maximum atomic E-state index is 12.6. The zero-order valence-corrected chi connectivity index (χ0v) is 12.4. The number of hydrogen-bond acceptors (Lipinski definition) is 4. The monoisotopic (exact) mass is 302 g/mol. The maximum absolute atomic E-state index is 12.6. The molecule has 0 radical (unpaired) electrons. The Balaban J connectivity index is 1.81. The molecule has 2 saturated heterocycles. The highest BCUT2D eigenvalue weighted by Gasteiger charge is 2.49. The second-order valence-electron chi connectivity index (χ2n) is 5.72. The summed E-state index contributed by atoms with van der Waals surface area (Å²) in [6.07, 6.45) is 3.64. The number of carbonyl (C=O) groups excluding carboxylic acids is 3. The van der Waals surface area contributed by atoms with Crippen LogP contribution in [0.2, 0.25) is 0 Å². The van der Waals surface area contributed by atoms with Crippen molar-refractivity contribution < 1.29 is 14.4 Å². The fraction of sp³-hybridized carbons (Fsp3) is 0.467. The van der Waals surface area contributed by atoms with Crippen LogP contribution >= 0.6 is 0 Å². The van der Waals surface area contributed by atoms with Crippen LogP contribution in [0, 0.1) is 0 Å². The normalized spacial score (nSPS) is 24.3. The van der Waals surface area contributed by atoms with E-state index in [0.717, 1.165) is 12.0 Å². The summed E-state index contributed by atoms with van der Waals surface area (Å²) < 4.78 is 0. The Hall–Kier alpha value is -2.44. The van der Waals surface area contributed by atoms with Crippen molar-refractivity contribution in [3.63, 3.8) is 0 Å². The Morgan fingerprint density at radius 3 is 2.95 bits per heavy atom. The third-order valence-electron chi connectivity index (χ3n) is 4.25. The van der Waals surface area contributed by atoms with E-state index in [4.69, 9.17) is 0 Å². The van der Waals surface area contributed by atoms with Gasteiger partial charge < -0.3 is 10.2 Å². The summed E-state index contributed by atoms with van der Waals surface area (Å²) in [6.45, 7) is 2.75. The summed E-state index contributed by atoms with van der Waals surface area (Å²) >= 11 is 0. The second kappa shape index (κ2) is 5.40. The smallest absolute Gasteiger partial charge is 0.322 e. The largest absolute Gasteiger partial charge is 0.334 e. The van der Waals surface area contributed by atoms with E-state index in [0.29, 0.717) is 25.1 Å². The fourth-order valence-electron chi connectivity index (χ4n) is 3.02. The minimum absolute atomic E-state index is 0.182. The number of aryl methyl sites for hydroxylation is 1. The number of nitrogens with one attached hydrogen (secondary N) is 2. The van der Waals surface area contributed by atoms with Crippen LogP contribution in [0.1, 0.15) is 35.8 Å². The Labute approximate surface area is 128 Å². The van der Waals surface area contributed by atoms with Crippen LogP contribution in [0.5, 0.6) is 0 Å². The standard InChI is InChI=1S/C15H18N4O3/c1-2-10-4-6-16-11(8-10)12(20)19-7-3-5-15(9-19)13(21)17-14(22)18-15/h4,6,8H,2-3,5,7,9H2,1H3,(H2,17,18,21,22). The first-order valence-corrected chi connectivity index (χ1v) is 7.42. The molecule has 1 atom stereocenters. The molecule has 2 aliphatic rings. The minimum Gasteiger partial charge on any atom is -0.334 e. The van der Waals surface area contributed by atoms with E-state index in [-0.39, 0.29) is 18.4 Å². The van der Waals surface area contributed by atoms with Crippen molar-refractivity contribution in [1.82, 2.24) is 20.5 Å². The third-order valence-corrected chi connectivity index (χ3v) is 4.25. The number of urea groups is 1. The molecule has 0 aliphatic carbocycles. The van der Waals surface area contributed by atoms with Crippen molar-refractivity contribution >= 4 is 17.8 Å². The number of imide groups is 1. The summed E-state index contributed by atoms with van der Waals surface area (Å²) in [6, 6.07) is 3.15. The molecular formula is C15H18N4O3. The number of aromatic nitrogens is 1. The van der Waals surface area contributed by atoms with E-state index in [9.17, 15) is 14.4 Å². The van der Waals surface area contributed by atoms with Crippen LogP contribution in [-0.4, -0.2) is 46.4 Å². The number of pyridine rings is 1. The molecule has 22 heavy (non-hydrogen) atoms. The zero-order chi connectivity index (χ0) is 15.7. The molecule has 4 amide bonds. The van der Waals surface area contributed by atoms with Gasteiger partial charge in [0.1, 0.15) is 11.2 Å². The van der Waals surface area contributed by atoms with E-state index in [2.05, 4.69) is 15.6 Å². The van der Waals surface area contributed by atoms with Crippen LogP contribution in [-0.2, 0) is 11.2 Å². The maximum Gasteiger partial charge on any atom is 0.322 e. The van der Waals surface area contributed by atoms with Crippen molar-refractivity contribution in [2.75, 3.05) is 13.1 Å². The van der Waals surface area contributed by atoms with E-state index in [1.165, 1.54) is 0 Å². The molecule has 0 bridgehead atoms. The lowest BCUT2D eigenvalue weighted by Crippen LogP contribution is -2.59. The Morgan fingerprint density at radius 2 is 2.27 bits per heavy atom. The SMILES string of the molecule is CCc1ccnc(C(=O)N2CCCC3(C2)NC(=O)NC3=O)c1. The summed E-state index contributed by atoms with van der Waals surface area (Å²) in [5.41, 5.74) is 0.422. The van der Waals surface area contributed by atoms with E-state index in [1.54, 1.807) is 17.2 Å². The van der Waals surface area contributed by atoms with Crippen molar-refractivity contribution in [2.24, 2.45) is 0 Å². The van der Waals surface area contributed by atoms with Crippen LogP contribution in [0.3, 0.4) is 0 Å². The number of likely N-dealkylation sites (tertiary alicyclic amines) is 1. The van der Waals surface area contributed by atoms with Crippen LogP contribution < -0.4 is 10.6 Å². The van der Waals surface area contributed by atoms with Gasteiger partial charge in [0.15, 0.2) is 0 Å². The molecule has 0 aromatic carbocycles. The lowest BCUT2D eigenvalue weighted by atomic mass is 9.89. The average Bonchev–Trinajstić information content (AvgIpc) is 2.80. The fourth-order valence-corrected chi connectivity index (χ4v) is 3.02. The van der Waals surface area contributed by atoms with Gasteiger partial charge in [-0.3, -0.25) is 19.9 Å². The van der Waals surface area contributed by atoms with Gasteiger partial charge in [0.25, 0.3) is 11.8 Å². The number of piperidine rings is 1. The van der Waals surface area contributed by atoms with Gasteiger partial charge in [-0.15, -0.1) is 0 Å².